The summed E-state index contributed by atoms with van der Waals surface area (Å²) in [5.41, 5.74) is 12.5. The van der Waals surface area contributed by atoms with Gasteiger partial charge >= 0.3 is 0 Å². The van der Waals surface area contributed by atoms with Gasteiger partial charge in [-0.05, 0) is 66.2 Å². The summed E-state index contributed by atoms with van der Waals surface area (Å²) < 4.78 is 9.37. The maximum atomic E-state index is 5.38. The van der Waals surface area contributed by atoms with E-state index in [4.69, 9.17) is 9.97 Å². The van der Waals surface area contributed by atoms with E-state index in [0.717, 1.165) is 43.5 Å². The largest absolute Gasteiger partial charge is 0.309 e. The second kappa shape index (κ2) is 12.0. The molecule has 6 heteroatoms. The van der Waals surface area contributed by atoms with Gasteiger partial charge in [-0.2, -0.15) is 0 Å². The number of hydrogen-bond acceptors (Lipinski definition) is 3. The Labute approximate surface area is 335 Å². The lowest BCUT2D eigenvalue weighted by Crippen LogP contribution is -2.00. The summed E-state index contributed by atoms with van der Waals surface area (Å²) in [7, 11) is 0. The van der Waals surface area contributed by atoms with Crippen molar-refractivity contribution in [2.75, 3.05) is 0 Å². The lowest BCUT2D eigenvalue weighted by molar-refractivity contribution is 1.01. The van der Waals surface area contributed by atoms with Crippen LogP contribution < -0.4 is 0 Å². The average Bonchev–Trinajstić information content (AvgIpc) is 4.02. The summed E-state index contributed by atoms with van der Waals surface area (Å²) in [5.74, 6) is 0.677. The number of para-hydroxylation sites is 6. The molecule has 0 saturated carbocycles. The van der Waals surface area contributed by atoms with E-state index in [9.17, 15) is 0 Å². The monoisotopic (exact) mass is 757 g/mol. The molecule has 8 aromatic carbocycles. The Hall–Kier alpha value is -7.54. The number of rotatable bonds is 4. The van der Waals surface area contributed by atoms with Crippen molar-refractivity contribution in [2.45, 2.75) is 0 Å². The number of benzene rings is 8. The molecular formula is C52H31N5S. The summed E-state index contributed by atoms with van der Waals surface area (Å²) >= 11 is 1.75. The van der Waals surface area contributed by atoms with Crippen molar-refractivity contribution in [3.05, 3.63) is 188 Å². The van der Waals surface area contributed by atoms with E-state index in [0.29, 0.717) is 5.95 Å². The van der Waals surface area contributed by atoms with Crippen molar-refractivity contribution in [3.8, 4) is 28.5 Å². The summed E-state index contributed by atoms with van der Waals surface area (Å²) in [6, 6.07) is 65.8. The third kappa shape index (κ3) is 4.35. The lowest BCUT2D eigenvalue weighted by Gasteiger charge is -2.17. The normalized spacial score (nSPS) is 12.1. The van der Waals surface area contributed by atoms with E-state index < -0.39 is 0 Å². The van der Waals surface area contributed by atoms with Crippen LogP contribution in [-0.2, 0) is 0 Å². The quantitative estimate of drug-likeness (QED) is 0.179. The average molecular weight is 758 g/mol. The topological polar surface area (TPSA) is 40.6 Å². The molecule has 0 saturated heterocycles. The molecule has 58 heavy (non-hydrogen) atoms. The van der Waals surface area contributed by atoms with Gasteiger partial charge in [0.05, 0.1) is 55.2 Å². The SMILES string of the molecule is c1ccc(-n2c3ccccc3c3c(-n4c5ccccc5c5ccccc54)c(-c4ccc5sc6cnc(-n7c8ccccc8c8ccccc87)nc6c5c4)ccc32)cc1. The van der Waals surface area contributed by atoms with E-state index >= 15 is 0 Å². The molecule has 5 heterocycles. The molecule has 0 N–H and O–H groups in total. The van der Waals surface area contributed by atoms with Crippen LogP contribution in [0.25, 0.3) is 114 Å². The van der Waals surface area contributed by atoms with E-state index in [1.54, 1.807) is 11.3 Å². The van der Waals surface area contributed by atoms with Crippen LogP contribution in [0.4, 0.5) is 0 Å². The highest BCUT2D eigenvalue weighted by Crippen LogP contribution is 2.45. The standard InChI is InChI=1S/C52H31N5S/c1-2-14-33(15-3-1)55-45-25-13-8-20-39(45)49-46(55)28-27-34(51(49)56-41-21-9-4-16-35(41)36-17-5-10-22-42(36)56)32-26-29-47-40(30-32)50-48(58-47)31-53-52(54-50)57-43-23-11-6-18-37(43)38-19-7-12-24-44(38)57/h1-31H. The molecule has 0 fully saturated rings. The Balaban J connectivity index is 1.13. The fourth-order valence-electron chi connectivity index (χ4n) is 9.49. The Kier molecular flexibility index (Phi) is 6.54. The molecule has 0 unspecified atom stereocenters. The van der Waals surface area contributed by atoms with Crippen LogP contribution >= 0.6 is 11.3 Å². The molecule has 0 atom stereocenters. The third-order valence-corrected chi connectivity index (χ3v) is 13.0. The summed E-state index contributed by atoms with van der Waals surface area (Å²) in [6.45, 7) is 0. The zero-order chi connectivity index (χ0) is 37.9. The highest BCUT2D eigenvalue weighted by Gasteiger charge is 2.24. The molecule has 13 rings (SSSR count). The number of thiophene rings is 1. The second-order valence-corrected chi connectivity index (χ2v) is 16.1. The van der Waals surface area contributed by atoms with Crippen molar-refractivity contribution in [1.82, 2.24) is 23.7 Å². The van der Waals surface area contributed by atoms with Crippen LogP contribution in [0.5, 0.6) is 0 Å². The molecule has 0 bridgehead atoms. The van der Waals surface area contributed by atoms with Gasteiger partial charge in [0, 0.05) is 53.7 Å². The Morgan fingerprint density at radius 3 is 1.55 bits per heavy atom. The van der Waals surface area contributed by atoms with Crippen LogP contribution in [-0.4, -0.2) is 23.7 Å². The first kappa shape index (κ1) is 31.6. The predicted molar refractivity (Wildman–Crippen MR) is 243 cm³/mol. The van der Waals surface area contributed by atoms with Crippen LogP contribution in [0.15, 0.2) is 188 Å². The summed E-state index contributed by atoms with van der Waals surface area (Å²) in [6.07, 6.45) is 2.00. The van der Waals surface area contributed by atoms with Crippen molar-refractivity contribution in [1.29, 1.82) is 0 Å². The van der Waals surface area contributed by atoms with Gasteiger partial charge in [0.1, 0.15) is 0 Å². The van der Waals surface area contributed by atoms with Crippen molar-refractivity contribution in [2.24, 2.45) is 0 Å². The second-order valence-electron chi connectivity index (χ2n) is 15.0. The van der Waals surface area contributed by atoms with Gasteiger partial charge in [0.15, 0.2) is 0 Å². The molecule has 270 valence electrons. The molecule has 5 aromatic heterocycles. The molecule has 0 spiro atoms. The fraction of sp³-hybridized carbons (Fsp3) is 0. The zero-order valence-corrected chi connectivity index (χ0v) is 31.9. The molecule has 5 nitrogen and oxygen atoms in total. The van der Waals surface area contributed by atoms with Gasteiger partial charge in [-0.1, -0.05) is 121 Å². The lowest BCUT2D eigenvalue weighted by atomic mass is 9.98. The Bertz CT molecular complexity index is 3700. The number of fused-ring (bicyclic) bond motifs is 12. The van der Waals surface area contributed by atoms with Crippen LogP contribution in [0, 0.1) is 0 Å². The maximum Gasteiger partial charge on any atom is 0.235 e. The third-order valence-electron chi connectivity index (χ3n) is 11.9. The van der Waals surface area contributed by atoms with Gasteiger partial charge in [-0.15, -0.1) is 11.3 Å². The molecule has 0 aliphatic rings. The number of nitrogens with zero attached hydrogens (tertiary/aromatic N) is 5. The molecule has 0 aliphatic carbocycles. The van der Waals surface area contributed by atoms with Crippen LogP contribution in [0.3, 0.4) is 0 Å². The minimum Gasteiger partial charge on any atom is -0.309 e. The molecule has 0 radical (unpaired) electrons. The predicted octanol–water partition coefficient (Wildman–Crippen LogP) is 13.8. The van der Waals surface area contributed by atoms with Crippen molar-refractivity contribution in [3.63, 3.8) is 0 Å². The smallest absolute Gasteiger partial charge is 0.235 e. The van der Waals surface area contributed by atoms with E-state index in [2.05, 4.69) is 196 Å². The molecule has 0 amide bonds. The summed E-state index contributed by atoms with van der Waals surface area (Å²) in [5, 5.41) is 8.42. The maximum absolute atomic E-state index is 5.38. The van der Waals surface area contributed by atoms with Crippen LogP contribution in [0.1, 0.15) is 0 Å². The van der Waals surface area contributed by atoms with Crippen molar-refractivity contribution >= 4 is 97.1 Å². The van der Waals surface area contributed by atoms with Crippen LogP contribution in [0.2, 0.25) is 0 Å². The molecular weight excluding hydrogens is 727 g/mol. The first-order valence-electron chi connectivity index (χ1n) is 19.6. The summed E-state index contributed by atoms with van der Waals surface area (Å²) in [4.78, 5) is 10.4. The zero-order valence-electron chi connectivity index (χ0n) is 31.0. The van der Waals surface area contributed by atoms with Gasteiger partial charge < -0.3 is 9.13 Å². The van der Waals surface area contributed by atoms with Gasteiger partial charge in [-0.3, -0.25) is 4.57 Å². The number of hydrogen-bond donors (Lipinski definition) is 0. The van der Waals surface area contributed by atoms with E-state index in [-0.39, 0.29) is 0 Å². The van der Waals surface area contributed by atoms with Gasteiger partial charge in [0.25, 0.3) is 0 Å². The Morgan fingerprint density at radius 2 is 0.931 bits per heavy atom. The number of aromatic nitrogens is 5. The highest BCUT2D eigenvalue weighted by atomic mass is 32.1. The molecule has 0 aliphatic heterocycles. The van der Waals surface area contributed by atoms with Gasteiger partial charge in [0.2, 0.25) is 5.95 Å². The van der Waals surface area contributed by atoms with E-state index in [1.165, 1.54) is 64.8 Å². The minimum atomic E-state index is 0.677. The van der Waals surface area contributed by atoms with Gasteiger partial charge in [-0.25, -0.2) is 9.97 Å². The highest BCUT2D eigenvalue weighted by molar-refractivity contribution is 7.25. The van der Waals surface area contributed by atoms with E-state index in [1.807, 2.05) is 6.20 Å². The fourth-order valence-corrected chi connectivity index (χ4v) is 10.5. The Morgan fingerprint density at radius 1 is 0.397 bits per heavy atom. The first-order chi connectivity index (χ1) is 28.8. The van der Waals surface area contributed by atoms with Crippen molar-refractivity contribution < 1.29 is 0 Å². The minimum absolute atomic E-state index is 0.677. The first-order valence-corrected chi connectivity index (χ1v) is 20.4. The molecule has 13 aromatic rings.